The fraction of sp³-hybridized carbons (Fsp3) is 0.917. The molecule has 6 heteroatoms. The van der Waals surface area contributed by atoms with Gasteiger partial charge < -0.3 is 10.2 Å². The van der Waals surface area contributed by atoms with Gasteiger partial charge in [-0.15, -0.1) is 0 Å². The maximum atomic E-state index is 11.8. The van der Waals surface area contributed by atoms with E-state index in [2.05, 4.69) is 10.2 Å². The molecule has 102 valence electrons. The number of carbonyl (C=O) groups excluding carboxylic acids is 1. The smallest absolute Gasteiger partial charge is 0.230 e. The number of carbonyl (C=O) groups is 1. The number of nitrogens with one attached hydrogen (secondary N) is 1. The minimum Gasteiger partial charge on any atom is -0.354 e. The van der Waals surface area contributed by atoms with Gasteiger partial charge in [0.2, 0.25) is 11.9 Å². The van der Waals surface area contributed by atoms with Crippen molar-refractivity contribution >= 4 is 5.91 Å². The third-order valence-electron chi connectivity index (χ3n) is 4.44. The Balaban J connectivity index is 1.84. The maximum absolute atomic E-state index is 11.8. The Labute approximate surface area is 107 Å². The summed E-state index contributed by atoms with van der Waals surface area (Å²) in [5.41, 5.74) is 0.0503. The lowest BCUT2D eigenvalue weighted by Crippen LogP contribution is -2.51. The Morgan fingerprint density at radius 3 is 2.50 bits per heavy atom. The molecule has 0 aliphatic heterocycles. The van der Waals surface area contributed by atoms with Crippen LogP contribution in [0.3, 0.4) is 0 Å². The van der Waals surface area contributed by atoms with Crippen LogP contribution in [0.2, 0.25) is 0 Å². The van der Waals surface area contributed by atoms with Crippen LogP contribution in [0.4, 0.5) is 0 Å². The summed E-state index contributed by atoms with van der Waals surface area (Å²) in [6.07, 6.45) is 4.95. The highest BCUT2D eigenvalue weighted by Gasteiger charge is 2.53. The van der Waals surface area contributed by atoms with E-state index in [1.165, 1.54) is 12.8 Å². The molecule has 0 spiro atoms. The zero-order valence-corrected chi connectivity index (χ0v) is 11.0. The lowest BCUT2D eigenvalue weighted by molar-refractivity contribution is -0.497. The quantitative estimate of drug-likeness (QED) is 0.578. The predicted octanol–water partition coefficient (Wildman–Crippen LogP) is 0.642. The van der Waals surface area contributed by atoms with Crippen LogP contribution in [0.5, 0.6) is 0 Å². The van der Waals surface area contributed by atoms with E-state index in [9.17, 15) is 14.9 Å². The van der Waals surface area contributed by atoms with Crippen molar-refractivity contribution in [1.82, 2.24) is 10.2 Å². The van der Waals surface area contributed by atoms with Gasteiger partial charge in [0.1, 0.15) is 5.92 Å². The van der Waals surface area contributed by atoms with Crippen LogP contribution in [0.15, 0.2) is 0 Å². The maximum Gasteiger partial charge on any atom is 0.230 e. The Hall–Kier alpha value is -1.17. The highest BCUT2D eigenvalue weighted by Crippen LogP contribution is 2.35. The molecular weight excluding hydrogens is 234 g/mol. The van der Waals surface area contributed by atoms with Crippen molar-refractivity contribution in [2.24, 2.45) is 5.92 Å². The van der Waals surface area contributed by atoms with E-state index in [0.717, 1.165) is 12.8 Å². The number of hydrogen-bond acceptors (Lipinski definition) is 4. The second kappa shape index (κ2) is 4.84. The highest BCUT2D eigenvalue weighted by atomic mass is 16.6. The molecule has 0 saturated heterocycles. The molecule has 1 amide bonds. The van der Waals surface area contributed by atoms with Crippen molar-refractivity contribution in [2.45, 2.75) is 43.7 Å². The highest BCUT2D eigenvalue weighted by molar-refractivity contribution is 5.82. The van der Waals surface area contributed by atoms with E-state index in [4.69, 9.17) is 0 Å². The summed E-state index contributed by atoms with van der Waals surface area (Å²) in [5.74, 6) is -0.551. The van der Waals surface area contributed by atoms with Gasteiger partial charge in [-0.05, 0) is 26.9 Å². The van der Waals surface area contributed by atoms with Crippen molar-refractivity contribution in [3.05, 3.63) is 10.1 Å². The molecule has 1 N–H and O–H groups in total. The first-order valence-corrected chi connectivity index (χ1v) is 6.55. The second-order valence-electron chi connectivity index (χ2n) is 5.74. The monoisotopic (exact) mass is 255 g/mol. The van der Waals surface area contributed by atoms with Gasteiger partial charge in [-0.3, -0.25) is 14.9 Å². The second-order valence-corrected chi connectivity index (χ2v) is 5.74. The average molecular weight is 255 g/mol. The van der Waals surface area contributed by atoms with Gasteiger partial charge in [-0.25, -0.2) is 0 Å². The van der Waals surface area contributed by atoms with Crippen LogP contribution >= 0.6 is 0 Å². The van der Waals surface area contributed by atoms with E-state index in [1.807, 2.05) is 14.1 Å². The van der Waals surface area contributed by atoms with Crippen molar-refractivity contribution in [3.63, 3.8) is 0 Å². The molecule has 0 heterocycles. The van der Waals surface area contributed by atoms with Crippen LogP contribution in [0.25, 0.3) is 0 Å². The normalized spacial score (nSPS) is 29.3. The van der Waals surface area contributed by atoms with E-state index >= 15 is 0 Å². The molecule has 2 aliphatic rings. The molecule has 0 bridgehead atoms. The summed E-state index contributed by atoms with van der Waals surface area (Å²) in [4.78, 5) is 24.2. The summed E-state index contributed by atoms with van der Waals surface area (Å²) in [6, 6.07) is -0.649. The minimum atomic E-state index is -0.649. The minimum absolute atomic E-state index is 0.0503. The number of nitrogens with zero attached hydrogens (tertiary/aromatic N) is 2. The fourth-order valence-corrected chi connectivity index (χ4v) is 2.89. The van der Waals surface area contributed by atoms with Gasteiger partial charge in [-0.1, -0.05) is 12.8 Å². The molecule has 2 aliphatic carbocycles. The summed E-state index contributed by atoms with van der Waals surface area (Å²) >= 11 is 0. The average Bonchev–Trinajstić information content (AvgIpc) is 2.98. The van der Waals surface area contributed by atoms with Gasteiger partial charge in [0, 0.05) is 23.4 Å². The number of amides is 1. The van der Waals surface area contributed by atoms with Crippen LogP contribution in [-0.4, -0.2) is 48.0 Å². The van der Waals surface area contributed by atoms with Gasteiger partial charge in [0.15, 0.2) is 0 Å². The molecule has 18 heavy (non-hydrogen) atoms. The van der Waals surface area contributed by atoms with Gasteiger partial charge in [0.05, 0.1) is 0 Å². The number of rotatable bonds is 5. The molecule has 0 aromatic carbocycles. The standard InChI is InChI=1S/C12H21N3O3/c1-14(2)12(5-3-4-6-12)8-13-11(16)9-7-10(9)15(17)18/h9-10H,3-8H2,1-2H3,(H,13,16)/t9-,10+/m0/s1. The molecule has 0 aromatic rings. The Morgan fingerprint density at radius 2 is 2.06 bits per heavy atom. The molecular formula is C12H21N3O3. The van der Waals surface area contributed by atoms with Crippen LogP contribution < -0.4 is 5.32 Å². The Bertz CT molecular complexity index is 350. The predicted molar refractivity (Wildman–Crippen MR) is 66.8 cm³/mol. The van der Waals surface area contributed by atoms with Gasteiger partial charge >= 0.3 is 0 Å². The molecule has 2 atom stereocenters. The van der Waals surface area contributed by atoms with Gasteiger partial charge in [-0.2, -0.15) is 0 Å². The Morgan fingerprint density at radius 1 is 1.44 bits per heavy atom. The molecule has 2 saturated carbocycles. The molecule has 2 rings (SSSR count). The summed E-state index contributed by atoms with van der Waals surface area (Å²) in [7, 11) is 4.07. The van der Waals surface area contributed by atoms with Crippen molar-refractivity contribution in [1.29, 1.82) is 0 Å². The molecule has 6 nitrogen and oxygen atoms in total. The van der Waals surface area contributed by atoms with Gasteiger partial charge in [0.25, 0.3) is 0 Å². The zero-order valence-electron chi connectivity index (χ0n) is 11.0. The largest absolute Gasteiger partial charge is 0.354 e. The summed E-state index contributed by atoms with van der Waals surface area (Å²) in [6.45, 7) is 0.611. The summed E-state index contributed by atoms with van der Waals surface area (Å²) < 4.78 is 0. The van der Waals surface area contributed by atoms with Crippen LogP contribution in [0, 0.1) is 16.0 Å². The van der Waals surface area contributed by atoms with E-state index in [1.54, 1.807) is 0 Å². The molecule has 0 unspecified atom stereocenters. The van der Waals surface area contributed by atoms with E-state index < -0.39 is 12.0 Å². The van der Waals surface area contributed by atoms with Crippen LogP contribution in [0.1, 0.15) is 32.1 Å². The third-order valence-corrected chi connectivity index (χ3v) is 4.44. The molecule has 2 fully saturated rings. The van der Waals surface area contributed by atoms with Crippen molar-refractivity contribution < 1.29 is 9.72 Å². The number of hydrogen-bond donors (Lipinski definition) is 1. The van der Waals surface area contributed by atoms with E-state index in [0.29, 0.717) is 13.0 Å². The fourth-order valence-electron chi connectivity index (χ4n) is 2.89. The third kappa shape index (κ3) is 2.48. The van der Waals surface area contributed by atoms with E-state index in [-0.39, 0.29) is 16.4 Å². The summed E-state index contributed by atoms with van der Waals surface area (Å²) in [5, 5.41) is 13.4. The van der Waals surface area contributed by atoms with Crippen molar-refractivity contribution in [2.75, 3.05) is 20.6 Å². The lowest BCUT2D eigenvalue weighted by atomic mass is 9.96. The SMILES string of the molecule is CN(C)C1(CNC(=O)[C@H]2C[C@H]2[N+](=O)[O-])CCCC1. The zero-order chi connectivity index (χ0) is 13.3. The first-order valence-electron chi connectivity index (χ1n) is 6.55. The number of nitro groups is 1. The molecule has 0 radical (unpaired) electrons. The molecule has 0 aromatic heterocycles. The first-order chi connectivity index (χ1) is 8.46. The lowest BCUT2D eigenvalue weighted by Gasteiger charge is -2.36. The van der Waals surface area contributed by atoms with Crippen molar-refractivity contribution in [3.8, 4) is 0 Å². The van der Waals surface area contributed by atoms with Crippen LogP contribution in [-0.2, 0) is 4.79 Å². The first kappa shape index (κ1) is 13.3. The Kier molecular flexibility index (Phi) is 3.56. The topological polar surface area (TPSA) is 75.5 Å². The number of likely N-dealkylation sites (N-methyl/N-ethyl adjacent to an activating group) is 1.